The van der Waals surface area contributed by atoms with E-state index in [9.17, 15) is 0 Å². The van der Waals surface area contributed by atoms with Gasteiger partial charge >= 0.3 is 0 Å². The molecule has 1 fully saturated rings. The molecule has 17 heavy (non-hydrogen) atoms. The van der Waals surface area contributed by atoms with Crippen LogP contribution in [0.3, 0.4) is 0 Å². The highest BCUT2D eigenvalue weighted by atomic mass is 16.5. The molecule has 0 bridgehead atoms. The lowest BCUT2D eigenvalue weighted by Gasteiger charge is -2.10. The molecule has 3 unspecified atom stereocenters. The average molecular weight is 248 g/mol. The molecule has 1 rings (SSSR count). The summed E-state index contributed by atoms with van der Waals surface area (Å²) in [7, 11) is 0. The fourth-order valence-corrected chi connectivity index (χ4v) is 0.985. The van der Waals surface area contributed by atoms with Crippen LogP contribution >= 0.6 is 0 Å². The minimum atomic E-state index is -0.445. The Hall–Kier alpha value is -0.160. The molecule has 0 aromatic heterocycles. The Morgan fingerprint density at radius 2 is 1.76 bits per heavy atom. The second kappa shape index (κ2) is 9.83. The zero-order valence-corrected chi connectivity index (χ0v) is 11.6. The van der Waals surface area contributed by atoms with Crippen LogP contribution in [0.25, 0.3) is 0 Å². The summed E-state index contributed by atoms with van der Waals surface area (Å²) in [6.45, 7) is 7.99. The van der Waals surface area contributed by atoms with Crippen LogP contribution in [0.1, 0.15) is 47.0 Å². The Kier molecular flexibility index (Phi) is 9.74. The van der Waals surface area contributed by atoms with E-state index in [2.05, 4.69) is 13.8 Å². The smallest absolute Gasteiger partial charge is 0.0779 e. The van der Waals surface area contributed by atoms with Crippen molar-refractivity contribution in [2.24, 2.45) is 0 Å². The molecule has 1 aliphatic carbocycles. The summed E-state index contributed by atoms with van der Waals surface area (Å²) in [5.41, 5.74) is 0. The van der Waals surface area contributed by atoms with E-state index in [4.69, 9.17) is 19.7 Å². The second-order valence-electron chi connectivity index (χ2n) is 4.73. The van der Waals surface area contributed by atoms with E-state index in [1.807, 2.05) is 0 Å². The third-order valence-corrected chi connectivity index (χ3v) is 2.40. The fourth-order valence-electron chi connectivity index (χ4n) is 0.985. The highest BCUT2D eigenvalue weighted by molar-refractivity contribution is 4.74. The molecule has 0 radical (unpaired) electrons. The van der Waals surface area contributed by atoms with Gasteiger partial charge in [0.05, 0.1) is 37.6 Å². The van der Waals surface area contributed by atoms with Crippen LogP contribution in [0.15, 0.2) is 0 Å². The van der Waals surface area contributed by atoms with Gasteiger partial charge in [0, 0.05) is 0 Å². The Balaban J connectivity index is 0.000000302. The SMILES string of the molecule is CC(O)COC(C)CO.CCC(C)OC1CC1. The lowest BCUT2D eigenvalue weighted by molar-refractivity contribution is -0.0177. The number of ether oxygens (including phenoxy) is 2. The molecular weight excluding hydrogens is 220 g/mol. The van der Waals surface area contributed by atoms with E-state index in [-0.39, 0.29) is 12.7 Å². The average Bonchev–Trinajstić information content (AvgIpc) is 3.10. The molecule has 3 atom stereocenters. The van der Waals surface area contributed by atoms with Crippen molar-refractivity contribution in [3.8, 4) is 0 Å². The van der Waals surface area contributed by atoms with Crippen LogP contribution in [0.2, 0.25) is 0 Å². The van der Waals surface area contributed by atoms with Gasteiger partial charge in [-0.05, 0) is 40.0 Å². The Morgan fingerprint density at radius 1 is 1.18 bits per heavy atom. The second-order valence-corrected chi connectivity index (χ2v) is 4.73. The Morgan fingerprint density at radius 3 is 2.12 bits per heavy atom. The van der Waals surface area contributed by atoms with Gasteiger partial charge in [-0.25, -0.2) is 0 Å². The van der Waals surface area contributed by atoms with E-state index < -0.39 is 6.10 Å². The molecule has 0 heterocycles. The van der Waals surface area contributed by atoms with E-state index >= 15 is 0 Å². The Labute approximate surface area is 105 Å². The van der Waals surface area contributed by atoms with Gasteiger partial charge in [0.15, 0.2) is 0 Å². The van der Waals surface area contributed by atoms with Crippen molar-refractivity contribution < 1.29 is 19.7 Å². The molecular formula is C13H28O4. The highest BCUT2D eigenvalue weighted by Gasteiger charge is 2.23. The first-order valence-corrected chi connectivity index (χ1v) is 6.55. The first kappa shape index (κ1) is 16.8. The van der Waals surface area contributed by atoms with Gasteiger partial charge in [-0.2, -0.15) is 0 Å². The van der Waals surface area contributed by atoms with Crippen molar-refractivity contribution in [2.75, 3.05) is 13.2 Å². The molecule has 0 amide bonds. The molecule has 1 saturated carbocycles. The number of rotatable bonds is 7. The molecule has 1 aliphatic rings. The maximum Gasteiger partial charge on any atom is 0.0779 e. The molecule has 0 saturated heterocycles. The van der Waals surface area contributed by atoms with Crippen molar-refractivity contribution in [2.45, 2.75) is 71.4 Å². The van der Waals surface area contributed by atoms with Crippen LogP contribution in [0.4, 0.5) is 0 Å². The third-order valence-electron chi connectivity index (χ3n) is 2.40. The summed E-state index contributed by atoms with van der Waals surface area (Å²) in [6, 6.07) is 0. The normalized spacial score (nSPS) is 20.1. The van der Waals surface area contributed by atoms with Gasteiger partial charge < -0.3 is 19.7 Å². The number of hydrogen-bond donors (Lipinski definition) is 2. The lowest BCUT2D eigenvalue weighted by atomic mass is 10.3. The fraction of sp³-hybridized carbons (Fsp3) is 1.00. The molecule has 0 spiro atoms. The maximum absolute atomic E-state index is 8.69. The van der Waals surface area contributed by atoms with Crippen LogP contribution in [0.5, 0.6) is 0 Å². The molecule has 0 aromatic rings. The molecule has 0 aromatic carbocycles. The van der Waals surface area contributed by atoms with Crippen molar-refractivity contribution in [3.05, 3.63) is 0 Å². The molecule has 4 nitrogen and oxygen atoms in total. The first-order valence-electron chi connectivity index (χ1n) is 6.55. The molecule has 4 heteroatoms. The van der Waals surface area contributed by atoms with Crippen molar-refractivity contribution in [1.82, 2.24) is 0 Å². The first-order chi connectivity index (χ1) is 7.99. The predicted octanol–water partition coefficient (Wildman–Crippen LogP) is 1.73. The van der Waals surface area contributed by atoms with E-state index in [1.165, 1.54) is 12.8 Å². The van der Waals surface area contributed by atoms with Crippen molar-refractivity contribution >= 4 is 0 Å². The summed E-state index contributed by atoms with van der Waals surface area (Å²) in [5.74, 6) is 0. The van der Waals surface area contributed by atoms with Crippen LogP contribution in [-0.4, -0.2) is 47.8 Å². The predicted molar refractivity (Wildman–Crippen MR) is 68.0 cm³/mol. The zero-order chi connectivity index (χ0) is 13.3. The molecule has 0 aliphatic heterocycles. The van der Waals surface area contributed by atoms with Gasteiger partial charge in [0.2, 0.25) is 0 Å². The van der Waals surface area contributed by atoms with E-state index in [0.717, 1.165) is 6.42 Å². The van der Waals surface area contributed by atoms with Gasteiger partial charge in [-0.1, -0.05) is 6.92 Å². The molecule has 104 valence electrons. The summed E-state index contributed by atoms with van der Waals surface area (Å²) in [6.07, 6.45) is 4.25. The van der Waals surface area contributed by atoms with E-state index in [0.29, 0.717) is 18.8 Å². The van der Waals surface area contributed by atoms with Gasteiger partial charge in [0.1, 0.15) is 0 Å². The molecule has 2 N–H and O–H groups in total. The van der Waals surface area contributed by atoms with Gasteiger partial charge in [-0.15, -0.1) is 0 Å². The van der Waals surface area contributed by atoms with Crippen LogP contribution in [-0.2, 0) is 9.47 Å². The van der Waals surface area contributed by atoms with E-state index in [1.54, 1.807) is 13.8 Å². The maximum atomic E-state index is 8.69. The van der Waals surface area contributed by atoms with Crippen LogP contribution < -0.4 is 0 Å². The standard InChI is InChI=1S/C7H14O.C6H14O3/c1-3-6(2)8-7-4-5-7;1-5(8)4-9-6(2)3-7/h6-7H,3-5H2,1-2H3;5-8H,3-4H2,1-2H3. The summed E-state index contributed by atoms with van der Waals surface area (Å²) >= 11 is 0. The summed E-state index contributed by atoms with van der Waals surface area (Å²) < 4.78 is 10.5. The number of hydrogen-bond acceptors (Lipinski definition) is 4. The lowest BCUT2D eigenvalue weighted by Crippen LogP contribution is -2.19. The monoisotopic (exact) mass is 248 g/mol. The highest BCUT2D eigenvalue weighted by Crippen LogP contribution is 2.25. The van der Waals surface area contributed by atoms with Crippen molar-refractivity contribution in [3.63, 3.8) is 0 Å². The minimum absolute atomic E-state index is 0.00667. The number of aliphatic hydroxyl groups excluding tert-OH is 2. The van der Waals surface area contributed by atoms with Crippen LogP contribution in [0, 0.1) is 0 Å². The Bertz CT molecular complexity index is 169. The third kappa shape index (κ3) is 12.1. The van der Waals surface area contributed by atoms with Gasteiger partial charge in [0.25, 0.3) is 0 Å². The largest absolute Gasteiger partial charge is 0.394 e. The minimum Gasteiger partial charge on any atom is -0.394 e. The summed E-state index contributed by atoms with van der Waals surface area (Å²) in [5, 5.41) is 17.1. The van der Waals surface area contributed by atoms with Crippen molar-refractivity contribution in [1.29, 1.82) is 0 Å². The quantitative estimate of drug-likeness (QED) is 0.720. The summed E-state index contributed by atoms with van der Waals surface area (Å²) in [4.78, 5) is 0. The topological polar surface area (TPSA) is 58.9 Å². The van der Waals surface area contributed by atoms with Gasteiger partial charge in [-0.3, -0.25) is 0 Å². The zero-order valence-electron chi connectivity index (χ0n) is 11.6. The number of aliphatic hydroxyl groups is 2.